The fourth-order valence-electron chi connectivity index (χ4n) is 4.29. The SMILES string of the molecule is Cc1ccc(N(C)CC[C@H](NC(=O)OCC2c3ccccc3-c3ccccc32)C(=O)O)cc1. The minimum Gasteiger partial charge on any atom is -0.480 e. The van der Waals surface area contributed by atoms with E-state index in [2.05, 4.69) is 17.4 Å². The van der Waals surface area contributed by atoms with E-state index < -0.39 is 18.1 Å². The van der Waals surface area contributed by atoms with Crippen molar-refractivity contribution in [3.8, 4) is 11.1 Å². The number of ether oxygens (including phenoxy) is 1. The third-order valence-corrected chi connectivity index (χ3v) is 6.16. The van der Waals surface area contributed by atoms with Crippen molar-refractivity contribution < 1.29 is 19.4 Å². The van der Waals surface area contributed by atoms with Crippen LogP contribution in [0.4, 0.5) is 10.5 Å². The molecule has 0 spiro atoms. The Balaban J connectivity index is 1.35. The zero-order valence-corrected chi connectivity index (χ0v) is 18.8. The Morgan fingerprint density at radius 3 is 2.12 bits per heavy atom. The first-order valence-electron chi connectivity index (χ1n) is 11.1. The van der Waals surface area contributed by atoms with Crippen LogP contribution in [0.15, 0.2) is 72.8 Å². The number of benzene rings is 3. The van der Waals surface area contributed by atoms with Crippen LogP contribution >= 0.6 is 0 Å². The normalized spacial score (nSPS) is 13.0. The Bertz CT molecular complexity index is 1100. The molecule has 3 aromatic carbocycles. The van der Waals surface area contributed by atoms with Crippen molar-refractivity contribution in [2.75, 3.05) is 25.1 Å². The fraction of sp³-hybridized carbons (Fsp3) is 0.259. The molecule has 6 heteroatoms. The molecule has 1 amide bonds. The summed E-state index contributed by atoms with van der Waals surface area (Å²) in [6, 6.07) is 23.1. The lowest BCUT2D eigenvalue weighted by Crippen LogP contribution is -2.43. The van der Waals surface area contributed by atoms with E-state index in [1.807, 2.05) is 79.5 Å². The number of nitrogens with one attached hydrogen (secondary N) is 1. The highest BCUT2D eigenvalue weighted by molar-refractivity contribution is 5.81. The van der Waals surface area contributed by atoms with Gasteiger partial charge in [0.2, 0.25) is 0 Å². The molecule has 0 aromatic heterocycles. The van der Waals surface area contributed by atoms with Crippen LogP contribution in [0, 0.1) is 6.92 Å². The van der Waals surface area contributed by atoms with Crippen molar-refractivity contribution in [2.45, 2.75) is 25.3 Å². The summed E-state index contributed by atoms with van der Waals surface area (Å²) in [4.78, 5) is 26.2. The summed E-state index contributed by atoms with van der Waals surface area (Å²) >= 11 is 0. The second-order valence-corrected chi connectivity index (χ2v) is 8.41. The Morgan fingerprint density at radius 1 is 0.970 bits per heavy atom. The highest BCUT2D eigenvalue weighted by Crippen LogP contribution is 2.44. The summed E-state index contributed by atoms with van der Waals surface area (Å²) in [5.41, 5.74) is 6.66. The lowest BCUT2D eigenvalue weighted by molar-refractivity contribution is -0.139. The number of fused-ring (bicyclic) bond motifs is 3. The van der Waals surface area contributed by atoms with E-state index in [4.69, 9.17) is 4.74 Å². The lowest BCUT2D eigenvalue weighted by Gasteiger charge is -2.22. The summed E-state index contributed by atoms with van der Waals surface area (Å²) in [6.07, 6.45) is -0.466. The molecule has 0 unspecified atom stereocenters. The molecule has 0 heterocycles. The minimum absolute atomic E-state index is 0.0703. The molecule has 0 saturated heterocycles. The van der Waals surface area contributed by atoms with Gasteiger partial charge < -0.3 is 20.1 Å². The molecule has 2 N–H and O–H groups in total. The number of alkyl carbamates (subject to hydrolysis) is 1. The van der Waals surface area contributed by atoms with E-state index >= 15 is 0 Å². The minimum atomic E-state index is -1.08. The van der Waals surface area contributed by atoms with Gasteiger partial charge in [0.1, 0.15) is 12.6 Å². The van der Waals surface area contributed by atoms with Crippen molar-refractivity contribution in [3.05, 3.63) is 89.5 Å². The highest BCUT2D eigenvalue weighted by atomic mass is 16.5. The van der Waals surface area contributed by atoms with Crippen LogP contribution in [-0.2, 0) is 9.53 Å². The monoisotopic (exact) mass is 444 g/mol. The molecule has 3 aromatic rings. The summed E-state index contributed by atoms with van der Waals surface area (Å²) in [6.45, 7) is 2.64. The van der Waals surface area contributed by atoms with E-state index in [-0.39, 0.29) is 18.9 Å². The summed E-state index contributed by atoms with van der Waals surface area (Å²) in [5, 5.41) is 12.1. The largest absolute Gasteiger partial charge is 0.480 e. The number of nitrogens with zero attached hydrogens (tertiary/aromatic N) is 1. The zero-order chi connectivity index (χ0) is 23.4. The lowest BCUT2D eigenvalue weighted by atomic mass is 9.98. The van der Waals surface area contributed by atoms with Crippen molar-refractivity contribution in [3.63, 3.8) is 0 Å². The van der Waals surface area contributed by atoms with E-state index in [1.54, 1.807) is 0 Å². The summed E-state index contributed by atoms with van der Waals surface area (Å²) in [7, 11) is 1.90. The maximum absolute atomic E-state index is 12.5. The molecule has 0 aliphatic heterocycles. The molecule has 1 atom stereocenters. The molecule has 0 radical (unpaired) electrons. The molecule has 1 aliphatic rings. The average molecular weight is 445 g/mol. The van der Waals surface area contributed by atoms with Gasteiger partial charge in [-0.2, -0.15) is 0 Å². The Kier molecular flexibility index (Phi) is 6.63. The molecular formula is C27H28N2O4. The number of aliphatic carboxylic acids is 1. The maximum atomic E-state index is 12.5. The van der Waals surface area contributed by atoms with E-state index in [9.17, 15) is 14.7 Å². The van der Waals surface area contributed by atoms with Crippen molar-refractivity contribution >= 4 is 17.7 Å². The van der Waals surface area contributed by atoms with Gasteiger partial charge in [-0.15, -0.1) is 0 Å². The first-order chi connectivity index (χ1) is 15.9. The molecule has 0 saturated carbocycles. The molecule has 1 aliphatic carbocycles. The van der Waals surface area contributed by atoms with Gasteiger partial charge in [-0.25, -0.2) is 9.59 Å². The van der Waals surface area contributed by atoms with E-state index in [0.717, 1.165) is 33.5 Å². The summed E-state index contributed by atoms with van der Waals surface area (Å²) < 4.78 is 5.50. The second kappa shape index (κ2) is 9.77. The standard InChI is InChI=1S/C27H28N2O4/c1-18-11-13-19(14-12-18)29(2)16-15-25(26(30)31)28-27(32)33-17-24-22-9-5-3-7-20(22)21-8-4-6-10-23(21)24/h3-14,24-25H,15-17H2,1-2H3,(H,28,32)(H,30,31)/t25-/m0/s1. The molecule has 0 fully saturated rings. The smallest absolute Gasteiger partial charge is 0.407 e. The maximum Gasteiger partial charge on any atom is 0.407 e. The van der Waals surface area contributed by atoms with Gasteiger partial charge >= 0.3 is 12.1 Å². The van der Waals surface area contributed by atoms with Crippen LogP contribution < -0.4 is 10.2 Å². The molecule has 33 heavy (non-hydrogen) atoms. The first-order valence-corrected chi connectivity index (χ1v) is 11.1. The third kappa shape index (κ3) is 5.00. The van der Waals surface area contributed by atoms with Gasteiger partial charge in [0.15, 0.2) is 0 Å². The van der Waals surface area contributed by atoms with Crippen LogP contribution in [0.25, 0.3) is 11.1 Å². The number of carboxylic acids is 1. The van der Waals surface area contributed by atoms with Gasteiger partial charge in [-0.3, -0.25) is 0 Å². The van der Waals surface area contributed by atoms with Gasteiger partial charge in [-0.1, -0.05) is 66.2 Å². The predicted octanol–water partition coefficient (Wildman–Crippen LogP) is 4.81. The average Bonchev–Trinajstić information content (AvgIpc) is 3.14. The Morgan fingerprint density at radius 2 is 1.55 bits per heavy atom. The number of carbonyl (C=O) groups excluding carboxylic acids is 1. The number of carboxylic acid groups (broad SMARTS) is 1. The Labute approximate surface area is 193 Å². The van der Waals surface area contributed by atoms with Crippen LogP contribution in [0.3, 0.4) is 0 Å². The quantitative estimate of drug-likeness (QED) is 0.521. The third-order valence-electron chi connectivity index (χ3n) is 6.16. The van der Waals surface area contributed by atoms with Crippen LogP contribution in [-0.4, -0.2) is 43.4 Å². The number of rotatable bonds is 8. The summed E-state index contributed by atoms with van der Waals surface area (Å²) in [5.74, 6) is -1.15. The number of hydrogen-bond donors (Lipinski definition) is 2. The number of hydrogen-bond acceptors (Lipinski definition) is 4. The van der Waals surface area contributed by atoms with Gasteiger partial charge in [0, 0.05) is 25.2 Å². The van der Waals surface area contributed by atoms with Crippen LogP contribution in [0.1, 0.15) is 29.0 Å². The number of aryl methyl sites for hydroxylation is 1. The van der Waals surface area contributed by atoms with E-state index in [0.29, 0.717) is 6.54 Å². The second-order valence-electron chi connectivity index (χ2n) is 8.41. The topological polar surface area (TPSA) is 78.9 Å². The predicted molar refractivity (Wildman–Crippen MR) is 129 cm³/mol. The number of anilines is 1. The van der Waals surface area contributed by atoms with Crippen LogP contribution in [0.2, 0.25) is 0 Å². The van der Waals surface area contributed by atoms with Crippen molar-refractivity contribution in [2.24, 2.45) is 0 Å². The van der Waals surface area contributed by atoms with Crippen molar-refractivity contribution in [1.29, 1.82) is 0 Å². The zero-order valence-electron chi connectivity index (χ0n) is 18.8. The Hall–Kier alpha value is -3.80. The van der Waals surface area contributed by atoms with E-state index in [1.165, 1.54) is 0 Å². The van der Waals surface area contributed by atoms with Crippen molar-refractivity contribution in [1.82, 2.24) is 5.32 Å². The van der Waals surface area contributed by atoms with Gasteiger partial charge in [0.05, 0.1) is 0 Å². The number of amides is 1. The first kappa shape index (κ1) is 22.4. The molecule has 0 bridgehead atoms. The molecule has 4 rings (SSSR count). The van der Waals surface area contributed by atoms with Gasteiger partial charge in [-0.05, 0) is 47.7 Å². The molecular weight excluding hydrogens is 416 g/mol. The number of carbonyl (C=O) groups is 2. The highest BCUT2D eigenvalue weighted by Gasteiger charge is 2.29. The molecule has 170 valence electrons. The molecule has 6 nitrogen and oxygen atoms in total. The fourth-order valence-corrected chi connectivity index (χ4v) is 4.29. The van der Waals surface area contributed by atoms with Gasteiger partial charge in [0.25, 0.3) is 0 Å². The van der Waals surface area contributed by atoms with Crippen LogP contribution in [0.5, 0.6) is 0 Å².